The van der Waals surface area contributed by atoms with E-state index in [2.05, 4.69) is 9.97 Å². The number of carbonyl (C=O) groups excluding carboxylic acids is 1. The van der Waals surface area contributed by atoms with E-state index in [-0.39, 0.29) is 16.8 Å². The molecule has 110 valence electrons. The molecule has 0 bridgehead atoms. The first kappa shape index (κ1) is 15.3. The number of nitrogens with zero attached hydrogens (tertiary/aromatic N) is 3. The van der Waals surface area contributed by atoms with Gasteiger partial charge in [-0.05, 0) is 13.0 Å². The molecule has 0 radical (unpaired) electrons. The molecule has 1 amide bonds. The van der Waals surface area contributed by atoms with E-state index in [0.717, 1.165) is 11.3 Å². The molecule has 0 spiro atoms. The van der Waals surface area contributed by atoms with E-state index in [0.29, 0.717) is 13.2 Å². The number of carbonyl (C=O) groups is 1. The number of hydrogen-bond donors (Lipinski definition) is 0. The standard InChI is InChI=1S/C15H16ClN3O2/c1-3-21-13-7-5-4-6-11(13)10-19(2)15(20)12-8-17-9-14(16)18-12/h4-9H,3,10H2,1-2H3. The van der Waals surface area contributed by atoms with Crippen LogP contribution in [0, 0.1) is 0 Å². The van der Waals surface area contributed by atoms with Crippen molar-refractivity contribution in [2.75, 3.05) is 13.7 Å². The molecule has 5 nitrogen and oxygen atoms in total. The zero-order chi connectivity index (χ0) is 15.2. The number of benzene rings is 1. The fourth-order valence-corrected chi connectivity index (χ4v) is 2.05. The average Bonchev–Trinajstić information content (AvgIpc) is 2.48. The lowest BCUT2D eigenvalue weighted by Crippen LogP contribution is -2.27. The second kappa shape index (κ2) is 7.04. The predicted octanol–water partition coefficient (Wildman–Crippen LogP) is 2.80. The van der Waals surface area contributed by atoms with Gasteiger partial charge in [-0.1, -0.05) is 29.8 Å². The Kier molecular flexibility index (Phi) is 5.11. The van der Waals surface area contributed by atoms with Crippen LogP contribution in [0.3, 0.4) is 0 Å². The summed E-state index contributed by atoms with van der Waals surface area (Å²) in [4.78, 5) is 21.7. The Morgan fingerprint density at radius 3 is 2.81 bits per heavy atom. The predicted molar refractivity (Wildman–Crippen MR) is 80.5 cm³/mol. The van der Waals surface area contributed by atoms with Gasteiger partial charge in [-0.2, -0.15) is 0 Å². The topological polar surface area (TPSA) is 55.3 Å². The van der Waals surface area contributed by atoms with Crippen molar-refractivity contribution < 1.29 is 9.53 Å². The van der Waals surface area contributed by atoms with Gasteiger partial charge < -0.3 is 9.64 Å². The minimum absolute atomic E-state index is 0.198. The number of aromatic nitrogens is 2. The maximum absolute atomic E-state index is 12.3. The van der Waals surface area contributed by atoms with Crippen LogP contribution in [0.1, 0.15) is 23.0 Å². The van der Waals surface area contributed by atoms with Crippen LogP contribution < -0.4 is 4.74 Å². The Morgan fingerprint density at radius 2 is 2.10 bits per heavy atom. The van der Waals surface area contributed by atoms with Crippen LogP contribution in [-0.4, -0.2) is 34.4 Å². The van der Waals surface area contributed by atoms with Gasteiger partial charge in [-0.15, -0.1) is 0 Å². The van der Waals surface area contributed by atoms with E-state index in [1.807, 2.05) is 31.2 Å². The smallest absolute Gasteiger partial charge is 0.274 e. The molecule has 0 N–H and O–H groups in total. The third-order valence-corrected chi connectivity index (χ3v) is 3.03. The summed E-state index contributed by atoms with van der Waals surface area (Å²) < 4.78 is 5.56. The summed E-state index contributed by atoms with van der Waals surface area (Å²) in [6.45, 7) is 2.92. The van der Waals surface area contributed by atoms with E-state index < -0.39 is 0 Å². The quantitative estimate of drug-likeness (QED) is 0.852. The summed E-state index contributed by atoms with van der Waals surface area (Å²) >= 11 is 5.76. The zero-order valence-corrected chi connectivity index (χ0v) is 12.7. The van der Waals surface area contributed by atoms with Gasteiger partial charge in [0.15, 0.2) is 0 Å². The minimum Gasteiger partial charge on any atom is -0.494 e. The Bertz CT molecular complexity index is 634. The molecule has 0 fully saturated rings. The number of halogens is 1. The van der Waals surface area contributed by atoms with Gasteiger partial charge in [0.2, 0.25) is 0 Å². The fraction of sp³-hybridized carbons (Fsp3) is 0.267. The second-order valence-electron chi connectivity index (χ2n) is 4.43. The molecule has 6 heteroatoms. The van der Waals surface area contributed by atoms with Gasteiger partial charge in [-0.25, -0.2) is 4.98 Å². The summed E-state index contributed by atoms with van der Waals surface area (Å²) in [7, 11) is 1.70. The summed E-state index contributed by atoms with van der Waals surface area (Å²) in [5.74, 6) is 0.535. The Labute approximate surface area is 128 Å². The number of hydrogen-bond acceptors (Lipinski definition) is 4. The van der Waals surface area contributed by atoms with E-state index in [1.165, 1.54) is 12.4 Å². The Hall–Kier alpha value is -2.14. The monoisotopic (exact) mass is 305 g/mol. The van der Waals surface area contributed by atoms with Crippen LogP contribution in [0.4, 0.5) is 0 Å². The number of para-hydroxylation sites is 1. The highest BCUT2D eigenvalue weighted by Gasteiger charge is 2.16. The van der Waals surface area contributed by atoms with Crippen molar-refractivity contribution in [2.45, 2.75) is 13.5 Å². The van der Waals surface area contributed by atoms with Crippen LogP contribution in [0.15, 0.2) is 36.7 Å². The molecular weight excluding hydrogens is 290 g/mol. The number of ether oxygens (including phenoxy) is 1. The van der Waals surface area contributed by atoms with Crippen molar-refractivity contribution >= 4 is 17.5 Å². The lowest BCUT2D eigenvalue weighted by atomic mass is 10.2. The van der Waals surface area contributed by atoms with E-state index in [9.17, 15) is 4.79 Å². The third-order valence-electron chi connectivity index (χ3n) is 2.85. The average molecular weight is 306 g/mol. The lowest BCUT2D eigenvalue weighted by Gasteiger charge is -2.18. The second-order valence-corrected chi connectivity index (χ2v) is 4.82. The molecule has 0 aliphatic heterocycles. The van der Waals surface area contributed by atoms with Crippen molar-refractivity contribution in [3.8, 4) is 5.75 Å². The van der Waals surface area contributed by atoms with Crippen LogP contribution in [0.25, 0.3) is 0 Å². The van der Waals surface area contributed by atoms with Crippen molar-refractivity contribution in [3.63, 3.8) is 0 Å². The molecule has 0 saturated heterocycles. The maximum Gasteiger partial charge on any atom is 0.274 e. The molecular formula is C15H16ClN3O2. The van der Waals surface area contributed by atoms with E-state index >= 15 is 0 Å². The molecule has 1 aromatic carbocycles. The van der Waals surface area contributed by atoms with Crippen molar-refractivity contribution in [3.05, 3.63) is 53.1 Å². The molecule has 21 heavy (non-hydrogen) atoms. The van der Waals surface area contributed by atoms with Gasteiger partial charge in [-0.3, -0.25) is 9.78 Å². The van der Waals surface area contributed by atoms with Crippen molar-refractivity contribution in [1.29, 1.82) is 0 Å². The van der Waals surface area contributed by atoms with Crippen LogP contribution in [-0.2, 0) is 6.54 Å². The first-order valence-electron chi connectivity index (χ1n) is 6.55. The molecule has 0 aliphatic carbocycles. The third kappa shape index (κ3) is 3.92. The highest BCUT2D eigenvalue weighted by atomic mass is 35.5. The molecule has 0 atom stereocenters. The van der Waals surface area contributed by atoms with Crippen LogP contribution >= 0.6 is 11.6 Å². The molecule has 1 aromatic heterocycles. The molecule has 2 rings (SSSR count). The largest absolute Gasteiger partial charge is 0.494 e. The first-order valence-corrected chi connectivity index (χ1v) is 6.93. The van der Waals surface area contributed by atoms with Gasteiger partial charge in [0.1, 0.15) is 16.6 Å². The van der Waals surface area contributed by atoms with Crippen LogP contribution in [0.2, 0.25) is 5.15 Å². The maximum atomic E-state index is 12.3. The van der Waals surface area contributed by atoms with Gasteiger partial charge in [0.05, 0.1) is 19.0 Å². The molecule has 2 aromatic rings. The SMILES string of the molecule is CCOc1ccccc1CN(C)C(=O)c1cncc(Cl)n1. The first-order chi connectivity index (χ1) is 10.1. The number of rotatable bonds is 5. The van der Waals surface area contributed by atoms with Crippen molar-refractivity contribution in [1.82, 2.24) is 14.9 Å². The molecule has 1 heterocycles. The minimum atomic E-state index is -0.240. The fourth-order valence-electron chi connectivity index (χ4n) is 1.90. The molecule has 0 saturated carbocycles. The van der Waals surface area contributed by atoms with Gasteiger partial charge >= 0.3 is 0 Å². The Morgan fingerprint density at radius 1 is 1.33 bits per heavy atom. The normalized spacial score (nSPS) is 10.2. The van der Waals surface area contributed by atoms with E-state index in [1.54, 1.807) is 11.9 Å². The van der Waals surface area contributed by atoms with Crippen molar-refractivity contribution in [2.24, 2.45) is 0 Å². The van der Waals surface area contributed by atoms with Gasteiger partial charge in [0, 0.05) is 19.2 Å². The van der Waals surface area contributed by atoms with Crippen LogP contribution in [0.5, 0.6) is 5.75 Å². The zero-order valence-electron chi connectivity index (χ0n) is 11.9. The summed E-state index contributed by atoms with van der Waals surface area (Å²) in [6.07, 6.45) is 2.79. The highest BCUT2D eigenvalue weighted by molar-refractivity contribution is 6.29. The summed E-state index contributed by atoms with van der Waals surface area (Å²) in [6, 6.07) is 7.63. The summed E-state index contributed by atoms with van der Waals surface area (Å²) in [5, 5.41) is 0.198. The molecule has 0 aliphatic rings. The lowest BCUT2D eigenvalue weighted by molar-refractivity contribution is 0.0777. The molecule has 0 unspecified atom stereocenters. The van der Waals surface area contributed by atoms with E-state index in [4.69, 9.17) is 16.3 Å². The van der Waals surface area contributed by atoms with Gasteiger partial charge in [0.25, 0.3) is 5.91 Å². The number of amides is 1. The highest BCUT2D eigenvalue weighted by Crippen LogP contribution is 2.20. The summed E-state index contributed by atoms with van der Waals surface area (Å²) in [5.41, 5.74) is 1.16. The Balaban J connectivity index is 2.14.